The molecule has 0 aromatic heterocycles. The SMILES string of the molecule is CC(C)C(NCc1cccc(CO)c1)c1ccccc1. The molecule has 0 fully saturated rings. The van der Waals surface area contributed by atoms with Crippen LogP contribution in [0.4, 0.5) is 0 Å². The summed E-state index contributed by atoms with van der Waals surface area (Å²) in [4.78, 5) is 0. The van der Waals surface area contributed by atoms with Gasteiger partial charge in [-0.3, -0.25) is 0 Å². The van der Waals surface area contributed by atoms with Gasteiger partial charge in [-0.15, -0.1) is 0 Å². The Bertz CT molecular complexity index is 522. The molecular formula is C18H23NO. The Kier molecular flexibility index (Phi) is 5.33. The maximum absolute atomic E-state index is 9.19. The molecule has 20 heavy (non-hydrogen) atoms. The van der Waals surface area contributed by atoms with Crippen LogP contribution in [0, 0.1) is 5.92 Å². The standard InChI is InChI=1S/C18H23NO/c1-14(2)18(17-9-4-3-5-10-17)19-12-15-7-6-8-16(11-15)13-20/h3-11,14,18-20H,12-13H2,1-2H3. The highest BCUT2D eigenvalue weighted by molar-refractivity contribution is 5.24. The lowest BCUT2D eigenvalue weighted by Crippen LogP contribution is -2.25. The molecule has 0 bridgehead atoms. The molecule has 2 N–H and O–H groups in total. The van der Waals surface area contributed by atoms with E-state index in [-0.39, 0.29) is 6.61 Å². The first kappa shape index (κ1) is 14.8. The van der Waals surface area contributed by atoms with Crippen molar-refractivity contribution in [2.24, 2.45) is 5.92 Å². The fourth-order valence-electron chi connectivity index (χ4n) is 2.46. The minimum Gasteiger partial charge on any atom is -0.392 e. The molecule has 2 rings (SSSR count). The number of rotatable bonds is 6. The zero-order valence-corrected chi connectivity index (χ0v) is 12.2. The van der Waals surface area contributed by atoms with Gasteiger partial charge in [-0.1, -0.05) is 68.4 Å². The molecule has 0 amide bonds. The summed E-state index contributed by atoms with van der Waals surface area (Å²) >= 11 is 0. The summed E-state index contributed by atoms with van der Waals surface area (Å²) < 4.78 is 0. The van der Waals surface area contributed by atoms with Gasteiger partial charge in [0.05, 0.1) is 6.61 Å². The highest BCUT2D eigenvalue weighted by atomic mass is 16.3. The Morgan fingerprint density at radius 3 is 2.30 bits per heavy atom. The predicted octanol–water partition coefficient (Wildman–Crippen LogP) is 3.67. The molecule has 0 spiro atoms. The molecule has 2 nitrogen and oxygen atoms in total. The van der Waals surface area contributed by atoms with E-state index < -0.39 is 0 Å². The van der Waals surface area contributed by atoms with Crippen LogP contribution in [0.25, 0.3) is 0 Å². The van der Waals surface area contributed by atoms with Crippen molar-refractivity contribution in [3.8, 4) is 0 Å². The van der Waals surface area contributed by atoms with E-state index >= 15 is 0 Å². The van der Waals surface area contributed by atoms with Gasteiger partial charge in [0.15, 0.2) is 0 Å². The van der Waals surface area contributed by atoms with E-state index in [9.17, 15) is 5.11 Å². The molecule has 0 aliphatic carbocycles. The zero-order valence-electron chi connectivity index (χ0n) is 12.2. The molecule has 1 unspecified atom stereocenters. The van der Waals surface area contributed by atoms with Gasteiger partial charge in [-0.2, -0.15) is 0 Å². The highest BCUT2D eigenvalue weighted by Crippen LogP contribution is 2.22. The van der Waals surface area contributed by atoms with Crippen molar-refractivity contribution in [2.45, 2.75) is 33.0 Å². The van der Waals surface area contributed by atoms with Crippen molar-refractivity contribution in [1.82, 2.24) is 5.32 Å². The van der Waals surface area contributed by atoms with Crippen molar-refractivity contribution >= 4 is 0 Å². The van der Waals surface area contributed by atoms with Crippen molar-refractivity contribution in [3.05, 3.63) is 71.3 Å². The smallest absolute Gasteiger partial charge is 0.0681 e. The predicted molar refractivity (Wildman–Crippen MR) is 83.2 cm³/mol. The molecule has 2 aromatic carbocycles. The summed E-state index contributed by atoms with van der Waals surface area (Å²) in [6, 6.07) is 19.0. The van der Waals surface area contributed by atoms with Crippen LogP contribution in [0.1, 0.15) is 36.6 Å². The van der Waals surface area contributed by atoms with Crippen LogP contribution in [0.2, 0.25) is 0 Å². The third kappa shape index (κ3) is 3.92. The normalized spacial score (nSPS) is 12.6. The average Bonchev–Trinajstić information content (AvgIpc) is 2.48. The van der Waals surface area contributed by atoms with Gasteiger partial charge in [0.2, 0.25) is 0 Å². The van der Waals surface area contributed by atoms with Crippen LogP contribution >= 0.6 is 0 Å². The van der Waals surface area contributed by atoms with E-state index in [0.717, 1.165) is 12.1 Å². The second kappa shape index (κ2) is 7.22. The molecule has 1 atom stereocenters. The summed E-state index contributed by atoms with van der Waals surface area (Å²) in [5.41, 5.74) is 3.49. The average molecular weight is 269 g/mol. The highest BCUT2D eigenvalue weighted by Gasteiger charge is 2.14. The van der Waals surface area contributed by atoms with Crippen LogP contribution in [0.15, 0.2) is 54.6 Å². The lowest BCUT2D eigenvalue weighted by atomic mass is 9.96. The van der Waals surface area contributed by atoms with Crippen LogP contribution in [-0.4, -0.2) is 5.11 Å². The van der Waals surface area contributed by atoms with Crippen LogP contribution in [0.5, 0.6) is 0 Å². The Morgan fingerprint density at radius 2 is 1.65 bits per heavy atom. The van der Waals surface area contributed by atoms with Crippen LogP contribution in [0.3, 0.4) is 0 Å². The minimum absolute atomic E-state index is 0.0974. The minimum atomic E-state index is 0.0974. The molecule has 0 aliphatic rings. The maximum Gasteiger partial charge on any atom is 0.0681 e. The quantitative estimate of drug-likeness (QED) is 0.838. The number of aliphatic hydroxyl groups excluding tert-OH is 1. The number of hydrogen-bond donors (Lipinski definition) is 2. The van der Waals surface area contributed by atoms with Gasteiger partial charge in [0.1, 0.15) is 0 Å². The number of nitrogens with one attached hydrogen (secondary N) is 1. The van der Waals surface area contributed by atoms with Gasteiger partial charge < -0.3 is 10.4 Å². The molecular weight excluding hydrogens is 246 g/mol. The summed E-state index contributed by atoms with van der Waals surface area (Å²) in [6.45, 7) is 5.37. The molecule has 0 aliphatic heterocycles. The summed E-state index contributed by atoms with van der Waals surface area (Å²) in [6.07, 6.45) is 0. The fourth-order valence-corrected chi connectivity index (χ4v) is 2.46. The second-order valence-electron chi connectivity index (χ2n) is 5.49. The third-order valence-corrected chi connectivity index (χ3v) is 3.53. The van der Waals surface area contributed by atoms with Gasteiger partial charge in [-0.25, -0.2) is 0 Å². The third-order valence-electron chi connectivity index (χ3n) is 3.53. The first-order valence-electron chi connectivity index (χ1n) is 7.17. The fraction of sp³-hybridized carbons (Fsp3) is 0.333. The van der Waals surface area contributed by atoms with Crippen molar-refractivity contribution < 1.29 is 5.11 Å². The summed E-state index contributed by atoms with van der Waals surface area (Å²) in [7, 11) is 0. The maximum atomic E-state index is 9.19. The molecule has 106 valence electrons. The van der Waals surface area contributed by atoms with E-state index in [1.54, 1.807) is 0 Å². The van der Waals surface area contributed by atoms with Crippen LogP contribution < -0.4 is 5.32 Å². The van der Waals surface area contributed by atoms with Gasteiger partial charge in [0, 0.05) is 12.6 Å². The van der Waals surface area contributed by atoms with E-state index in [2.05, 4.69) is 55.6 Å². The summed E-state index contributed by atoms with van der Waals surface area (Å²) in [5, 5.41) is 12.8. The first-order valence-corrected chi connectivity index (χ1v) is 7.17. The zero-order chi connectivity index (χ0) is 14.4. The van der Waals surface area contributed by atoms with Gasteiger partial charge in [0.25, 0.3) is 0 Å². The van der Waals surface area contributed by atoms with Crippen LogP contribution in [-0.2, 0) is 13.2 Å². The Morgan fingerprint density at radius 1 is 0.950 bits per heavy atom. The lowest BCUT2D eigenvalue weighted by Gasteiger charge is -2.23. The Balaban J connectivity index is 2.06. The molecule has 0 radical (unpaired) electrons. The van der Waals surface area contributed by atoms with E-state index in [0.29, 0.717) is 12.0 Å². The second-order valence-corrected chi connectivity index (χ2v) is 5.49. The van der Waals surface area contributed by atoms with Gasteiger partial charge >= 0.3 is 0 Å². The molecule has 0 heterocycles. The molecule has 0 saturated carbocycles. The first-order chi connectivity index (χ1) is 9.70. The Labute approximate surface area is 121 Å². The van der Waals surface area contributed by atoms with E-state index in [1.165, 1.54) is 11.1 Å². The van der Waals surface area contributed by atoms with E-state index in [4.69, 9.17) is 0 Å². The topological polar surface area (TPSA) is 32.3 Å². The monoisotopic (exact) mass is 269 g/mol. The van der Waals surface area contributed by atoms with Crippen molar-refractivity contribution in [1.29, 1.82) is 0 Å². The molecule has 0 saturated heterocycles. The number of hydrogen-bond acceptors (Lipinski definition) is 2. The van der Waals surface area contributed by atoms with Crippen molar-refractivity contribution in [3.63, 3.8) is 0 Å². The number of benzene rings is 2. The lowest BCUT2D eigenvalue weighted by molar-refractivity contribution is 0.281. The summed E-state index contributed by atoms with van der Waals surface area (Å²) in [5.74, 6) is 0.526. The molecule has 2 heteroatoms. The van der Waals surface area contributed by atoms with Gasteiger partial charge in [-0.05, 0) is 22.6 Å². The number of aliphatic hydroxyl groups is 1. The molecule has 2 aromatic rings. The Hall–Kier alpha value is -1.64. The van der Waals surface area contributed by atoms with Crippen molar-refractivity contribution in [2.75, 3.05) is 0 Å². The van der Waals surface area contributed by atoms with E-state index in [1.807, 2.05) is 18.2 Å². The largest absolute Gasteiger partial charge is 0.392 e.